The van der Waals surface area contributed by atoms with Crippen molar-refractivity contribution in [3.05, 3.63) is 23.7 Å². The van der Waals surface area contributed by atoms with Crippen LogP contribution in [0.4, 0.5) is 0 Å². The molecule has 0 radical (unpaired) electrons. The Morgan fingerprint density at radius 3 is 3.00 bits per heavy atom. The fourth-order valence-electron chi connectivity index (χ4n) is 2.72. The van der Waals surface area contributed by atoms with Gasteiger partial charge in [-0.05, 0) is 38.3 Å². The molecule has 19 heavy (non-hydrogen) atoms. The molecule has 0 bridgehead atoms. The van der Waals surface area contributed by atoms with Crippen LogP contribution in [-0.2, 0) is 11.3 Å². The Morgan fingerprint density at radius 2 is 2.32 bits per heavy atom. The van der Waals surface area contributed by atoms with E-state index in [2.05, 4.69) is 22.9 Å². The van der Waals surface area contributed by atoms with Crippen LogP contribution < -0.4 is 0 Å². The normalized spacial score (nSPS) is 22.9. The Kier molecular flexibility index (Phi) is 4.93. The van der Waals surface area contributed by atoms with Crippen LogP contribution in [0.15, 0.2) is 16.5 Å². The van der Waals surface area contributed by atoms with Gasteiger partial charge < -0.3 is 9.15 Å². The third-order valence-electron chi connectivity index (χ3n) is 3.74. The predicted molar refractivity (Wildman–Crippen MR) is 76.5 cm³/mol. The first-order valence-electron chi connectivity index (χ1n) is 6.55. The molecule has 2 atom stereocenters. The van der Waals surface area contributed by atoms with Crippen LogP contribution in [0.1, 0.15) is 35.6 Å². The lowest BCUT2D eigenvalue weighted by Gasteiger charge is -2.27. The molecule has 0 N–H and O–H groups in total. The second-order valence-electron chi connectivity index (χ2n) is 4.95. The maximum absolute atomic E-state index is 11.3. The van der Waals surface area contributed by atoms with E-state index in [0.717, 1.165) is 12.3 Å². The molecule has 4 nitrogen and oxygen atoms in total. The maximum Gasteiger partial charge on any atom is 0.373 e. The van der Waals surface area contributed by atoms with Crippen molar-refractivity contribution in [1.82, 2.24) is 4.90 Å². The summed E-state index contributed by atoms with van der Waals surface area (Å²) in [5.74, 6) is 0.671. The first kappa shape index (κ1) is 14.5. The first-order valence-corrected chi connectivity index (χ1v) is 7.84. The lowest BCUT2D eigenvalue weighted by Crippen LogP contribution is -2.35. The number of methoxy groups -OCH3 is 1. The average Bonchev–Trinajstić information content (AvgIpc) is 3.05. The Morgan fingerprint density at radius 1 is 1.53 bits per heavy atom. The van der Waals surface area contributed by atoms with Gasteiger partial charge in [0.2, 0.25) is 5.76 Å². The van der Waals surface area contributed by atoms with E-state index in [9.17, 15) is 4.79 Å². The van der Waals surface area contributed by atoms with E-state index in [0.29, 0.717) is 11.3 Å². The summed E-state index contributed by atoms with van der Waals surface area (Å²) in [4.78, 5) is 13.7. The van der Waals surface area contributed by atoms with E-state index in [-0.39, 0.29) is 5.76 Å². The first-order chi connectivity index (χ1) is 9.15. The van der Waals surface area contributed by atoms with E-state index < -0.39 is 5.97 Å². The number of thioether (sulfide) groups is 1. The summed E-state index contributed by atoms with van der Waals surface area (Å²) in [6, 6.07) is 4.13. The molecule has 1 fully saturated rings. The van der Waals surface area contributed by atoms with Crippen LogP contribution in [0.5, 0.6) is 0 Å². The van der Waals surface area contributed by atoms with Gasteiger partial charge in [-0.3, -0.25) is 4.90 Å². The molecule has 0 saturated heterocycles. The smallest absolute Gasteiger partial charge is 0.373 e. The van der Waals surface area contributed by atoms with E-state index in [1.165, 1.54) is 26.4 Å². The van der Waals surface area contributed by atoms with Gasteiger partial charge in [0.1, 0.15) is 5.76 Å². The van der Waals surface area contributed by atoms with Gasteiger partial charge in [-0.1, -0.05) is 6.42 Å². The summed E-state index contributed by atoms with van der Waals surface area (Å²) in [5, 5.41) is 0.708. The number of carbonyl (C=O) groups excluding carboxylic acids is 1. The van der Waals surface area contributed by atoms with Crippen LogP contribution in [0.2, 0.25) is 0 Å². The van der Waals surface area contributed by atoms with Gasteiger partial charge in [-0.15, -0.1) is 0 Å². The third kappa shape index (κ3) is 3.34. The molecular formula is C14H21NO3S. The Bertz CT molecular complexity index is 432. The highest BCUT2D eigenvalue weighted by Gasteiger charge is 2.30. The largest absolute Gasteiger partial charge is 0.463 e. The molecule has 1 aromatic heterocycles. The molecule has 5 heteroatoms. The Hall–Kier alpha value is -0.940. The third-order valence-corrected chi connectivity index (χ3v) is 4.90. The van der Waals surface area contributed by atoms with Crippen LogP contribution in [0.25, 0.3) is 0 Å². The van der Waals surface area contributed by atoms with E-state index >= 15 is 0 Å². The highest BCUT2D eigenvalue weighted by molar-refractivity contribution is 7.99. The lowest BCUT2D eigenvalue weighted by atomic mass is 10.2. The minimum atomic E-state index is -0.420. The summed E-state index contributed by atoms with van der Waals surface area (Å²) in [7, 11) is 3.48. The fourth-order valence-corrected chi connectivity index (χ4v) is 3.78. The quantitative estimate of drug-likeness (QED) is 0.777. The molecule has 2 unspecified atom stereocenters. The summed E-state index contributed by atoms with van der Waals surface area (Å²) in [6.07, 6.45) is 6.01. The minimum Gasteiger partial charge on any atom is -0.463 e. The summed E-state index contributed by atoms with van der Waals surface area (Å²) < 4.78 is 10.2. The van der Waals surface area contributed by atoms with Crippen molar-refractivity contribution in [2.45, 2.75) is 37.1 Å². The molecular weight excluding hydrogens is 262 g/mol. The van der Waals surface area contributed by atoms with E-state index in [1.54, 1.807) is 6.07 Å². The standard InChI is InChI=1S/C14H21NO3S/c1-15(11-5-4-6-13(11)19-3)9-10-7-8-12(18-10)14(16)17-2/h7-8,11,13H,4-6,9H2,1-3H3. The molecule has 1 saturated carbocycles. The van der Waals surface area contributed by atoms with Gasteiger partial charge in [0, 0.05) is 11.3 Å². The molecule has 106 valence electrons. The fraction of sp³-hybridized carbons (Fsp3) is 0.643. The van der Waals surface area contributed by atoms with Gasteiger partial charge in [-0.25, -0.2) is 4.79 Å². The zero-order valence-electron chi connectivity index (χ0n) is 11.7. The number of esters is 1. The van der Waals surface area contributed by atoms with Gasteiger partial charge in [0.25, 0.3) is 0 Å². The summed E-state index contributed by atoms with van der Waals surface area (Å²) in [5.41, 5.74) is 0. The van der Waals surface area contributed by atoms with Crippen molar-refractivity contribution in [3.63, 3.8) is 0 Å². The molecule has 0 amide bonds. The van der Waals surface area contributed by atoms with Crippen LogP contribution in [0.3, 0.4) is 0 Å². The zero-order chi connectivity index (χ0) is 13.8. The van der Waals surface area contributed by atoms with Gasteiger partial charge >= 0.3 is 5.97 Å². The zero-order valence-corrected chi connectivity index (χ0v) is 12.5. The summed E-state index contributed by atoms with van der Waals surface area (Å²) >= 11 is 1.95. The molecule has 0 spiro atoms. The van der Waals surface area contributed by atoms with Crippen molar-refractivity contribution >= 4 is 17.7 Å². The van der Waals surface area contributed by atoms with E-state index in [4.69, 9.17) is 4.42 Å². The monoisotopic (exact) mass is 283 g/mol. The molecule has 2 rings (SSSR count). The second-order valence-corrected chi connectivity index (χ2v) is 6.02. The van der Waals surface area contributed by atoms with Crippen molar-refractivity contribution in [1.29, 1.82) is 0 Å². The highest BCUT2D eigenvalue weighted by atomic mass is 32.2. The van der Waals surface area contributed by atoms with Crippen molar-refractivity contribution < 1.29 is 13.9 Å². The van der Waals surface area contributed by atoms with Crippen LogP contribution in [-0.4, -0.2) is 42.6 Å². The number of hydrogen-bond acceptors (Lipinski definition) is 5. The Balaban J connectivity index is 1.96. The molecule has 1 heterocycles. The minimum absolute atomic E-state index is 0.277. The van der Waals surface area contributed by atoms with Gasteiger partial charge in [0.15, 0.2) is 0 Å². The topological polar surface area (TPSA) is 42.7 Å². The molecule has 1 aliphatic carbocycles. The molecule has 1 aliphatic rings. The number of hydrogen-bond donors (Lipinski definition) is 0. The number of carbonyl (C=O) groups is 1. The van der Waals surface area contributed by atoms with Gasteiger partial charge in [-0.2, -0.15) is 11.8 Å². The molecule has 0 aromatic carbocycles. The number of nitrogens with zero attached hydrogens (tertiary/aromatic N) is 1. The van der Waals surface area contributed by atoms with Crippen molar-refractivity contribution in [2.75, 3.05) is 20.4 Å². The number of ether oxygens (including phenoxy) is 1. The lowest BCUT2D eigenvalue weighted by molar-refractivity contribution is 0.0561. The predicted octanol–water partition coefficient (Wildman–Crippen LogP) is 2.78. The average molecular weight is 283 g/mol. The highest BCUT2D eigenvalue weighted by Crippen LogP contribution is 2.32. The molecule has 1 aromatic rings. The van der Waals surface area contributed by atoms with Gasteiger partial charge in [0.05, 0.1) is 13.7 Å². The van der Waals surface area contributed by atoms with Crippen LogP contribution >= 0.6 is 11.8 Å². The second kappa shape index (κ2) is 6.48. The maximum atomic E-state index is 11.3. The number of rotatable bonds is 5. The van der Waals surface area contributed by atoms with Crippen LogP contribution in [0, 0.1) is 0 Å². The Labute approximate surface area is 118 Å². The molecule has 0 aliphatic heterocycles. The SMILES string of the molecule is COC(=O)c1ccc(CN(C)C2CCCC2SC)o1. The van der Waals surface area contributed by atoms with Crippen molar-refractivity contribution in [2.24, 2.45) is 0 Å². The number of furan rings is 1. The summed E-state index contributed by atoms with van der Waals surface area (Å²) in [6.45, 7) is 0.735. The van der Waals surface area contributed by atoms with Crippen molar-refractivity contribution in [3.8, 4) is 0 Å². The van der Waals surface area contributed by atoms with E-state index in [1.807, 2.05) is 17.8 Å².